The first-order chi connectivity index (χ1) is 14.6. The molecule has 4 heteroatoms. The quantitative estimate of drug-likeness (QED) is 0.475. The van der Waals surface area contributed by atoms with Gasteiger partial charge in [-0.15, -0.1) is 0 Å². The van der Waals surface area contributed by atoms with E-state index in [0.29, 0.717) is 28.1 Å². The molecule has 0 saturated heterocycles. The molecule has 3 aromatic carbocycles. The number of Topliss-reactive ketones (excluding diaryl/α,β-unsaturated/α-hetero) is 2. The van der Waals surface area contributed by atoms with Crippen LogP contribution in [0.4, 0.5) is 5.69 Å². The van der Waals surface area contributed by atoms with Crippen molar-refractivity contribution in [1.82, 2.24) is 0 Å². The van der Waals surface area contributed by atoms with Crippen LogP contribution >= 0.6 is 0 Å². The zero-order valence-electron chi connectivity index (χ0n) is 16.4. The second-order valence-corrected chi connectivity index (χ2v) is 7.64. The maximum absolute atomic E-state index is 13.8. The van der Waals surface area contributed by atoms with Gasteiger partial charge in [-0.1, -0.05) is 79.7 Å². The fraction of sp³-hybridized carbons (Fsp3) is 0.115. The lowest BCUT2D eigenvalue weighted by Crippen LogP contribution is -2.46. The molecule has 1 aliphatic carbocycles. The molecular formula is C26H19NO3. The molecule has 5 rings (SSSR count). The van der Waals surface area contributed by atoms with Crippen LogP contribution in [0.15, 0.2) is 90.5 Å². The number of amides is 1. The van der Waals surface area contributed by atoms with Crippen LogP contribution in [0.3, 0.4) is 0 Å². The van der Waals surface area contributed by atoms with Crippen LogP contribution in [-0.4, -0.2) is 17.5 Å². The molecule has 0 bridgehead atoms. The zero-order valence-corrected chi connectivity index (χ0v) is 16.4. The molecule has 0 fully saturated rings. The summed E-state index contributed by atoms with van der Waals surface area (Å²) >= 11 is 0. The molecule has 30 heavy (non-hydrogen) atoms. The Morgan fingerprint density at radius 3 is 2.00 bits per heavy atom. The number of hydrogen-bond acceptors (Lipinski definition) is 3. The van der Waals surface area contributed by atoms with E-state index in [1.807, 2.05) is 61.5 Å². The number of nitrogens with zero attached hydrogens (tertiary/aromatic N) is 1. The van der Waals surface area contributed by atoms with Gasteiger partial charge >= 0.3 is 0 Å². The number of allylic oxidation sites excluding steroid dienone is 1. The minimum atomic E-state index is -0.954. The Morgan fingerprint density at radius 2 is 1.33 bits per heavy atom. The Morgan fingerprint density at radius 1 is 0.767 bits per heavy atom. The predicted octanol–water partition coefficient (Wildman–Crippen LogP) is 4.78. The monoisotopic (exact) mass is 393 g/mol. The average Bonchev–Trinajstić information content (AvgIpc) is 3.08. The first-order valence-corrected chi connectivity index (χ1v) is 9.96. The van der Waals surface area contributed by atoms with Crippen molar-refractivity contribution in [2.24, 2.45) is 11.8 Å². The van der Waals surface area contributed by atoms with Crippen molar-refractivity contribution in [2.75, 3.05) is 4.90 Å². The van der Waals surface area contributed by atoms with E-state index < -0.39 is 11.8 Å². The van der Waals surface area contributed by atoms with Crippen LogP contribution in [-0.2, 0) is 4.79 Å². The Kier molecular flexibility index (Phi) is 4.21. The third-order valence-corrected chi connectivity index (χ3v) is 5.95. The highest BCUT2D eigenvalue weighted by Crippen LogP contribution is 2.47. The molecule has 0 saturated carbocycles. The minimum absolute atomic E-state index is 0.104. The van der Waals surface area contributed by atoms with Crippen molar-refractivity contribution in [1.29, 1.82) is 0 Å². The highest BCUT2D eigenvalue weighted by molar-refractivity contribution is 6.30. The van der Waals surface area contributed by atoms with Gasteiger partial charge in [-0.3, -0.25) is 19.3 Å². The number of hydrogen-bond donors (Lipinski definition) is 0. The van der Waals surface area contributed by atoms with Gasteiger partial charge in [0.2, 0.25) is 5.91 Å². The van der Waals surface area contributed by atoms with Crippen LogP contribution in [0.1, 0.15) is 33.2 Å². The molecule has 0 unspecified atom stereocenters. The van der Waals surface area contributed by atoms with E-state index in [4.69, 9.17) is 0 Å². The zero-order chi connectivity index (χ0) is 20.8. The number of rotatable bonds is 3. The van der Waals surface area contributed by atoms with Gasteiger partial charge in [0.15, 0.2) is 11.6 Å². The number of anilines is 1. The summed E-state index contributed by atoms with van der Waals surface area (Å²) < 4.78 is 0. The Bertz CT molecular complexity index is 1210. The second-order valence-electron chi connectivity index (χ2n) is 7.64. The standard InChI is InChI=1S/C26H19NO3/c1-16-21-23(19-14-8-9-15-20(19)25(21)29)27(18-12-6-3-7-13-18)26(30)22(16)24(28)17-10-4-2-5-11-17/h2-16,22H,1H3/t16-,22-/m0/s1. The normalized spacial score (nSPS) is 20.2. The first kappa shape index (κ1) is 18.3. The molecule has 1 heterocycles. The number of carbonyl (C=O) groups excluding carboxylic acids is 3. The van der Waals surface area contributed by atoms with E-state index in [2.05, 4.69) is 0 Å². The van der Waals surface area contributed by atoms with E-state index >= 15 is 0 Å². The van der Waals surface area contributed by atoms with Gasteiger partial charge in [-0.2, -0.15) is 0 Å². The fourth-order valence-electron chi connectivity index (χ4n) is 4.53. The van der Waals surface area contributed by atoms with Crippen molar-refractivity contribution >= 4 is 28.9 Å². The molecule has 3 aromatic rings. The third-order valence-electron chi connectivity index (χ3n) is 5.95. The van der Waals surface area contributed by atoms with Gasteiger partial charge in [-0.25, -0.2) is 0 Å². The van der Waals surface area contributed by atoms with Crippen molar-refractivity contribution < 1.29 is 14.4 Å². The third kappa shape index (κ3) is 2.57. The van der Waals surface area contributed by atoms with E-state index in [1.165, 1.54) is 0 Å². The number of para-hydroxylation sites is 1. The van der Waals surface area contributed by atoms with E-state index in [-0.39, 0.29) is 17.5 Å². The molecule has 1 amide bonds. The summed E-state index contributed by atoms with van der Waals surface area (Å²) in [6.45, 7) is 1.81. The second kappa shape index (κ2) is 6.92. The molecule has 146 valence electrons. The maximum atomic E-state index is 13.8. The summed E-state index contributed by atoms with van der Waals surface area (Å²) in [6, 6.07) is 25.4. The molecule has 2 atom stereocenters. The Labute approximate surface area is 174 Å². The SMILES string of the molecule is C[C@H]1C2=C(c3ccccc3C2=O)N(c2ccccc2)C(=O)[C@@H]1C(=O)c1ccccc1. The Hall–Kier alpha value is -3.79. The molecule has 2 aliphatic rings. The molecule has 4 nitrogen and oxygen atoms in total. The van der Waals surface area contributed by atoms with Crippen molar-refractivity contribution in [3.8, 4) is 0 Å². The van der Waals surface area contributed by atoms with Crippen LogP contribution in [0, 0.1) is 11.8 Å². The van der Waals surface area contributed by atoms with Crippen LogP contribution < -0.4 is 4.90 Å². The Balaban J connectivity index is 1.72. The lowest BCUT2D eigenvalue weighted by atomic mass is 9.77. The molecule has 0 spiro atoms. The van der Waals surface area contributed by atoms with Gasteiger partial charge in [0, 0.05) is 33.9 Å². The van der Waals surface area contributed by atoms with Gasteiger partial charge < -0.3 is 0 Å². The average molecular weight is 393 g/mol. The van der Waals surface area contributed by atoms with Crippen LogP contribution in [0.25, 0.3) is 5.70 Å². The van der Waals surface area contributed by atoms with Crippen LogP contribution in [0.5, 0.6) is 0 Å². The minimum Gasteiger partial charge on any atom is -0.293 e. The van der Waals surface area contributed by atoms with E-state index in [0.717, 1.165) is 5.56 Å². The molecular weight excluding hydrogens is 374 g/mol. The number of benzene rings is 3. The molecule has 0 aromatic heterocycles. The summed E-state index contributed by atoms with van der Waals surface area (Å²) in [5.74, 6) is -2.13. The number of ketones is 2. The van der Waals surface area contributed by atoms with Crippen molar-refractivity contribution in [3.63, 3.8) is 0 Å². The highest BCUT2D eigenvalue weighted by atomic mass is 16.2. The lowest BCUT2D eigenvalue weighted by Gasteiger charge is -2.37. The van der Waals surface area contributed by atoms with Crippen molar-refractivity contribution in [2.45, 2.75) is 6.92 Å². The number of carbonyl (C=O) groups is 3. The topological polar surface area (TPSA) is 54.5 Å². The maximum Gasteiger partial charge on any atom is 0.243 e. The summed E-state index contributed by atoms with van der Waals surface area (Å²) in [7, 11) is 0. The molecule has 1 aliphatic heterocycles. The summed E-state index contributed by atoms with van der Waals surface area (Å²) in [5, 5.41) is 0. The highest BCUT2D eigenvalue weighted by Gasteiger charge is 2.49. The van der Waals surface area contributed by atoms with E-state index in [1.54, 1.807) is 35.2 Å². The van der Waals surface area contributed by atoms with Gasteiger partial charge in [-0.05, 0) is 12.1 Å². The van der Waals surface area contributed by atoms with Crippen molar-refractivity contribution in [3.05, 3.63) is 107 Å². The summed E-state index contributed by atoms with van der Waals surface area (Å²) in [6.07, 6.45) is 0. The smallest absolute Gasteiger partial charge is 0.243 e. The first-order valence-electron chi connectivity index (χ1n) is 9.96. The number of fused-ring (bicyclic) bond motifs is 2. The largest absolute Gasteiger partial charge is 0.293 e. The van der Waals surface area contributed by atoms with Gasteiger partial charge in [0.1, 0.15) is 5.92 Å². The summed E-state index contributed by atoms with van der Waals surface area (Å²) in [4.78, 5) is 42.0. The summed E-state index contributed by atoms with van der Waals surface area (Å²) in [5.41, 5.74) is 3.59. The fourth-order valence-corrected chi connectivity index (χ4v) is 4.53. The lowest BCUT2D eigenvalue weighted by molar-refractivity contribution is -0.121. The molecule has 0 radical (unpaired) electrons. The van der Waals surface area contributed by atoms with Gasteiger partial charge in [0.25, 0.3) is 0 Å². The van der Waals surface area contributed by atoms with E-state index in [9.17, 15) is 14.4 Å². The molecule has 0 N–H and O–H groups in total. The van der Waals surface area contributed by atoms with Gasteiger partial charge in [0.05, 0.1) is 5.70 Å². The van der Waals surface area contributed by atoms with Crippen LogP contribution in [0.2, 0.25) is 0 Å². The predicted molar refractivity (Wildman–Crippen MR) is 115 cm³/mol.